The maximum Gasteiger partial charge on any atom is 0.261 e. The number of anilines is 1. The first-order chi connectivity index (χ1) is 15.0. The SMILES string of the molecule is O=C(NCc1ccc(-c2ccn[nH]2)cc1)c1ccc(S(=O)(=O)Nc2ccccc2)cc1. The number of amides is 1. The Balaban J connectivity index is 1.37. The minimum Gasteiger partial charge on any atom is -0.348 e. The lowest BCUT2D eigenvalue weighted by atomic mass is 10.1. The van der Waals surface area contributed by atoms with Crippen molar-refractivity contribution < 1.29 is 13.2 Å². The third kappa shape index (κ3) is 4.99. The molecule has 8 heteroatoms. The van der Waals surface area contributed by atoms with Gasteiger partial charge in [-0.3, -0.25) is 14.6 Å². The Hall–Kier alpha value is -3.91. The summed E-state index contributed by atoms with van der Waals surface area (Å²) in [6, 6.07) is 24.1. The minimum atomic E-state index is -3.72. The molecule has 4 aromatic rings. The fourth-order valence-corrected chi connectivity index (χ4v) is 4.07. The molecule has 0 unspecified atom stereocenters. The van der Waals surface area contributed by atoms with Crippen LogP contribution in [-0.2, 0) is 16.6 Å². The molecule has 4 rings (SSSR count). The smallest absolute Gasteiger partial charge is 0.261 e. The number of hydrogen-bond acceptors (Lipinski definition) is 4. The van der Waals surface area contributed by atoms with E-state index in [4.69, 9.17) is 0 Å². The topological polar surface area (TPSA) is 104 Å². The highest BCUT2D eigenvalue weighted by molar-refractivity contribution is 7.92. The Morgan fingerprint density at radius 2 is 1.58 bits per heavy atom. The number of hydrogen-bond donors (Lipinski definition) is 3. The zero-order valence-electron chi connectivity index (χ0n) is 16.4. The Bertz CT molecular complexity index is 1250. The van der Waals surface area contributed by atoms with E-state index in [1.165, 1.54) is 24.3 Å². The van der Waals surface area contributed by atoms with Crippen molar-refractivity contribution in [3.8, 4) is 11.3 Å². The number of para-hydroxylation sites is 1. The van der Waals surface area contributed by atoms with Crippen molar-refractivity contribution in [3.05, 3.63) is 102 Å². The number of rotatable bonds is 7. The maximum atomic E-state index is 12.5. The van der Waals surface area contributed by atoms with E-state index in [-0.39, 0.29) is 10.8 Å². The number of nitrogens with one attached hydrogen (secondary N) is 3. The van der Waals surface area contributed by atoms with Crippen LogP contribution in [0.1, 0.15) is 15.9 Å². The van der Waals surface area contributed by atoms with Crippen molar-refractivity contribution in [3.63, 3.8) is 0 Å². The van der Waals surface area contributed by atoms with Gasteiger partial charge in [0, 0.05) is 24.0 Å². The fourth-order valence-electron chi connectivity index (χ4n) is 3.01. The number of carbonyl (C=O) groups is 1. The monoisotopic (exact) mass is 432 g/mol. The van der Waals surface area contributed by atoms with Crippen molar-refractivity contribution in [2.45, 2.75) is 11.4 Å². The van der Waals surface area contributed by atoms with E-state index in [0.717, 1.165) is 16.8 Å². The van der Waals surface area contributed by atoms with Crippen LogP contribution in [-0.4, -0.2) is 24.5 Å². The highest BCUT2D eigenvalue weighted by Gasteiger charge is 2.15. The van der Waals surface area contributed by atoms with E-state index >= 15 is 0 Å². The highest BCUT2D eigenvalue weighted by atomic mass is 32.2. The number of benzene rings is 3. The Labute approximate surface area is 180 Å². The standard InChI is InChI=1S/C23H20N4O3S/c28-23(24-16-17-6-8-18(9-7-17)22-14-15-25-26-22)19-10-12-21(13-11-19)31(29,30)27-20-4-2-1-3-5-20/h1-15,27H,16H2,(H,24,28)(H,25,26). The predicted octanol–water partition coefficient (Wildman–Crippen LogP) is 3.81. The molecule has 31 heavy (non-hydrogen) atoms. The average Bonchev–Trinajstić information content (AvgIpc) is 3.33. The van der Waals surface area contributed by atoms with Crippen LogP contribution < -0.4 is 10.0 Å². The molecule has 1 heterocycles. The van der Waals surface area contributed by atoms with Gasteiger partial charge in [-0.05, 0) is 53.6 Å². The molecule has 0 saturated carbocycles. The van der Waals surface area contributed by atoms with Crippen LogP contribution in [0.25, 0.3) is 11.3 Å². The van der Waals surface area contributed by atoms with Crippen LogP contribution in [0.4, 0.5) is 5.69 Å². The zero-order valence-corrected chi connectivity index (χ0v) is 17.3. The molecule has 3 N–H and O–H groups in total. The molecule has 0 saturated heterocycles. The van der Waals surface area contributed by atoms with Crippen LogP contribution in [0.15, 0.2) is 96.0 Å². The average molecular weight is 433 g/mol. The number of aromatic amines is 1. The van der Waals surface area contributed by atoms with E-state index < -0.39 is 10.0 Å². The van der Waals surface area contributed by atoms with Crippen molar-refractivity contribution in [1.29, 1.82) is 0 Å². The first-order valence-electron chi connectivity index (χ1n) is 9.56. The molecule has 0 aliphatic rings. The third-order valence-electron chi connectivity index (χ3n) is 4.67. The van der Waals surface area contributed by atoms with Gasteiger partial charge < -0.3 is 5.32 Å². The molecule has 1 amide bonds. The molecule has 0 radical (unpaired) electrons. The molecule has 0 bridgehead atoms. The van der Waals surface area contributed by atoms with Gasteiger partial charge in [-0.1, -0.05) is 42.5 Å². The van der Waals surface area contributed by atoms with E-state index in [1.54, 1.807) is 36.5 Å². The second-order valence-electron chi connectivity index (χ2n) is 6.85. The van der Waals surface area contributed by atoms with Gasteiger partial charge in [0.2, 0.25) is 0 Å². The molecule has 3 aromatic carbocycles. The summed E-state index contributed by atoms with van der Waals surface area (Å²) in [4.78, 5) is 12.5. The largest absolute Gasteiger partial charge is 0.348 e. The Morgan fingerprint density at radius 3 is 2.23 bits per heavy atom. The van der Waals surface area contributed by atoms with Crippen molar-refractivity contribution in [2.75, 3.05) is 4.72 Å². The van der Waals surface area contributed by atoms with E-state index in [2.05, 4.69) is 20.2 Å². The highest BCUT2D eigenvalue weighted by Crippen LogP contribution is 2.18. The van der Waals surface area contributed by atoms with Gasteiger partial charge in [0.25, 0.3) is 15.9 Å². The summed E-state index contributed by atoms with van der Waals surface area (Å²) in [6.45, 7) is 0.359. The molecule has 0 aliphatic heterocycles. The lowest BCUT2D eigenvalue weighted by molar-refractivity contribution is 0.0951. The predicted molar refractivity (Wildman–Crippen MR) is 119 cm³/mol. The van der Waals surface area contributed by atoms with Gasteiger partial charge in [-0.25, -0.2) is 8.42 Å². The molecule has 7 nitrogen and oxygen atoms in total. The Kier molecular flexibility index (Phi) is 5.81. The van der Waals surface area contributed by atoms with Crippen molar-refractivity contribution >= 4 is 21.6 Å². The number of nitrogens with zero attached hydrogens (tertiary/aromatic N) is 1. The molecule has 156 valence electrons. The zero-order chi connectivity index (χ0) is 21.7. The second kappa shape index (κ2) is 8.85. The number of aromatic nitrogens is 2. The summed E-state index contributed by atoms with van der Waals surface area (Å²) in [5.41, 5.74) is 3.74. The second-order valence-corrected chi connectivity index (χ2v) is 8.53. The minimum absolute atomic E-state index is 0.0855. The van der Waals surface area contributed by atoms with Crippen molar-refractivity contribution in [1.82, 2.24) is 15.5 Å². The van der Waals surface area contributed by atoms with Gasteiger partial charge in [0.1, 0.15) is 0 Å². The molecule has 1 aromatic heterocycles. The molecular formula is C23H20N4O3S. The molecular weight excluding hydrogens is 412 g/mol. The number of sulfonamides is 1. The summed E-state index contributed by atoms with van der Waals surface area (Å²) in [6.07, 6.45) is 1.69. The van der Waals surface area contributed by atoms with Crippen LogP contribution >= 0.6 is 0 Å². The summed E-state index contributed by atoms with van der Waals surface area (Å²) < 4.78 is 27.5. The van der Waals surface area contributed by atoms with E-state index in [9.17, 15) is 13.2 Å². The van der Waals surface area contributed by atoms with Crippen LogP contribution in [0.5, 0.6) is 0 Å². The van der Waals surface area contributed by atoms with E-state index in [0.29, 0.717) is 17.8 Å². The first kappa shape index (κ1) is 20.4. The van der Waals surface area contributed by atoms with Crippen LogP contribution in [0.2, 0.25) is 0 Å². The summed E-state index contributed by atoms with van der Waals surface area (Å²) in [7, 11) is -3.72. The first-order valence-corrected chi connectivity index (χ1v) is 11.0. The lowest BCUT2D eigenvalue weighted by Gasteiger charge is -2.09. The van der Waals surface area contributed by atoms with Crippen LogP contribution in [0, 0.1) is 0 Å². The normalized spacial score (nSPS) is 11.1. The maximum absolute atomic E-state index is 12.5. The molecule has 0 atom stereocenters. The summed E-state index contributed by atoms with van der Waals surface area (Å²) >= 11 is 0. The van der Waals surface area contributed by atoms with Gasteiger partial charge in [0.05, 0.1) is 10.6 Å². The van der Waals surface area contributed by atoms with Gasteiger partial charge in [-0.15, -0.1) is 0 Å². The summed E-state index contributed by atoms with van der Waals surface area (Å²) in [5.74, 6) is -0.280. The van der Waals surface area contributed by atoms with E-state index in [1.807, 2.05) is 30.3 Å². The van der Waals surface area contributed by atoms with Gasteiger partial charge in [-0.2, -0.15) is 5.10 Å². The molecule has 0 fully saturated rings. The quantitative estimate of drug-likeness (QED) is 0.413. The number of carbonyl (C=O) groups excluding carboxylic acids is 1. The molecule has 0 aliphatic carbocycles. The number of H-pyrrole nitrogens is 1. The third-order valence-corrected chi connectivity index (χ3v) is 6.07. The van der Waals surface area contributed by atoms with Crippen molar-refractivity contribution in [2.24, 2.45) is 0 Å². The molecule has 0 spiro atoms. The lowest BCUT2D eigenvalue weighted by Crippen LogP contribution is -2.23. The Morgan fingerprint density at radius 1 is 0.871 bits per heavy atom. The summed E-state index contributed by atoms with van der Waals surface area (Å²) in [5, 5.41) is 9.68. The van der Waals surface area contributed by atoms with Gasteiger partial charge in [0.15, 0.2) is 0 Å². The fraction of sp³-hybridized carbons (Fsp3) is 0.0435. The van der Waals surface area contributed by atoms with Crippen LogP contribution in [0.3, 0.4) is 0 Å². The van der Waals surface area contributed by atoms with Gasteiger partial charge >= 0.3 is 0 Å².